The number of hydrogen-bond acceptors (Lipinski definition) is 3. The minimum atomic E-state index is -1.12. The molecule has 126 valence electrons. The summed E-state index contributed by atoms with van der Waals surface area (Å²) < 4.78 is 5.71. The molecule has 2 aromatic rings. The molecule has 24 heavy (non-hydrogen) atoms. The molecule has 0 saturated carbocycles. The Balaban J connectivity index is 2.20. The molecule has 0 radical (unpaired) electrons. The standard InChI is InChI=1S/C19H21NO4/c1-3-12-24-17-11-7-6-8-14(17)13(2)20-18(21)15-9-4-5-10-16(15)19(22)23/h4-11,13H,3,12H2,1-2H3,(H,20,21)(H,22,23)/t13-/m1/s1. The van der Waals surface area contributed by atoms with Gasteiger partial charge in [0, 0.05) is 5.56 Å². The number of benzene rings is 2. The summed E-state index contributed by atoms with van der Waals surface area (Å²) in [5.41, 5.74) is 0.980. The Morgan fingerprint density at radius 2 is 1.71 bits per heavy atom. The third-order valence-electron chi connectivity index (χ3n) is 3.60. The van der Waals surface area contributed by atoms with E-state index in [0.717, 1.165) is 17.7 Å². The summed E-state index contributed by atoms with van der Waals surface area (Å²) in [7, 11) is 0. The van der Waals surface area contributed by atoms with Gasteiger partial charge in [0.15, 0.2) is 0 Å². The highest BCUT2D eigenvalue weighted by Crippen LogP contribution is 2.25. The number of rotatable bonds is 7. The number of para-hydroxylation sites is 1. The first-order chi connectivity index (χ1) is 11.5. The van der Waals surface area contributed by atoms with Crippen LogP contribution in [0.2, 0.25) is 0 Å². The van der Waals surface area contributed by atoms with E-state index in [2.05, 4.69) is 5.32 Å². The van der Waals surface area contributed by atoms with Gasteiger partial charge < -0.3 is 15.2 Å². The van der Waals surface area contributed by atoms with Crippen LogP contribution in [0.1, 0.15) is 52.6 Å². The van der Waals surface area contributed by atoms with Gasteiger partial charge in [-0.15, -0.1) is 0 Å². The molecule has 1 atom stereocenters. The monoisotopic (exact) mass is 327 g/mol. The zero-order valence-electron chi connectivity index (χ0n) is 13.8. The van der Waals surface area contributed by atoms with Crippen LogP contribution in [-0.2, 0) is 0 Å². The SMILES string of the molecule is CCCOc1ccccc1[C@@H](C)NC(=O)c1ccccc1C(=O)O. The van der Waals surface area contributed by atoms with Crippen molar-refractivity contribution in [3.05, 3.63) is 65.2 Å². The van der Waals surface area contributed by atoms with Crippen LogP contribution in [0.15, 0.2) is 48.5 Å². The second-order valence-electron chi connectivity index (χ2n) is 5.43. The third kappa shape index (κ3) is 4.13. The number of carboxylic acid groups (broad SMARTS) is 1. The highest BCUT2D eigenvalue weighted by atomic mass is 16.5. The van der Waals surface area contributed by atoms with Crippen LogP contribution in [0.5, 0.6) is 5.75 Å². The number of carboxylic acids is 1. The van der Waals surface area contributed by atoms with E-state index in [1.54, 1.807) is 12.1 Å². The molecule has 0 aromatic heterocycles. The van der Waals surface area contributed by atoms with Crippen LogP contribution in [0.4, 0.5) is 0 Å². The number of carbonyl (C=O) groups is 2. The molecule has 5 heteroatoms. The molecule has 0 fully saturated rings. The molecule has 0 aliphatic carbocycles. The topological polar surface area (TPSA) is 75.6 Å². The van der Waals surface area contributed by atoms with Crippen molar-refractivity contribution in [2.75, 3.05) is 6.61 Å². The van der Waals surface area contributed by atoms with Gasteiger partial charge in [-0.2, -0.15) is 0 Å². The zero-order chi connectivity index (χ0) is 17.5. The summed E-state index contributed by atoms with van der Waals surface area (Å²) in [5.74, 6) is -0.829. The Morgan fingerprint density at radius 3 is 2.38 bits per heavy atom. The van der Waals surface area contributed by atoms with Crippen LogP contribution >= 0.6 is 0 Å². The molecule has 0 bridgehead atoms. The van der Waals surface area contributed by atoms with Crippen molar-refractivity contribution in [2.24, 2.45) is 0 Å². The van der Waals surface area contributed by atoms with E-state index >= 15 is 0 Å². The summed E-state index contributed by atoms with van der Waals surface area (Å²) in [4.78, 5) is 23.7. The van der Waals surface area contributed by atoms with Gasteiger partial charge >= 0.3 is 5.97 Å². The van der Waals surface area contributed by atoms with E-state index in [4.69, 9.17) is 4.74 Å². The number of carbonyl (C=O) groups excluding carboxylic acids is 1. The minimum absolute atomic E-state index is 0.0160. The molecule has 0 aliphatic rings. The number of aromatic carboxylic acids is 1. The van der Waals surface area contributed by atoms with Crippen molar-refractivity contribution in [3.63, 3.8) is 0 Å². The summed E-state index contributed by atoms with van der Waals surface area (Å²) in [6, 6.07) is 13.3. The summed E-state index contributed by atoms with van der Waals surface area (Å²) >= 11 is 0. The maximum absolute atomic E-state index is 12.5. The van der Waals surface area contributed by atoms with Crippen molar-refractivity contribution < 1.29 is 19.4 Å². The fourth-order valence-corrected chi connectivity index (χ4v) is 2.40. The lowest BCUT2D eigenvalue weighted by molar-refractivity contribution is 0.0690. The lowest BCUT2D eigenvalue weighted by Gasteiger charge is -2.18. The molecular formula is C19H21NO4. The Labute approximate surface area is 141 Å². The lowest BCUT2D eigenvalue weighted by Crippen LogP contribution is -2.28. The largest absolute Gasteiger partial charge is 0.493 e. The average molecular weight is 327 g/mol. The Morgan fingerprint density at radius 1 is 1.08 bits per heavy atom. The zero-order valence-corrected chi connectivity index (χ0v) is 13.8. The smallest absolute Gasteiger partial charge is 0.336 e. The summed E-state index contributed by atoms with van der Waals surface area (Å²) in [6.07, 6.45) is 0.890. The second-order valence-corrected chi connectivity index (χ2v) is 5.43. The van der Waals surface area contributed by atoms with Crippen LogP contribution in [0.3, 0.4) is 0 Å². The predicted molar refractivity (Wildman–Crippen MR) is 91.5 cm³/mol. The molecule has 5 nitrogen and oxygen atoms in total. The fraction of sp³-hybridized carbons (Fsp3) is 0.263. The molecular weight excluding hydrogens is 306 g/mol. The van der Waals surface area contributed by atoms with E-state index in [9.17, 15) is 14.7 Å². The number of amides is 1. The van der Waals surface area contributed by atoms with Crippen molar-refractivity contribution >= 4 is 11.9 Å². The van der Waals surface area contributed by atoms with E-state index in [1.165, 1.54) is 12.1 Å². The van der Waals surface area contributed by atoms with E-state index in [0.29, 0.717) is 6.61 Å². The van der Waals surface area contributed by atoms with Gasteiger partial charge in [0.05, 0.1) is 23.8 Å². The van der Waals surface area contributed by atoms with Gasteiger partial charge in [-0.1, -0.05) is 37.3 Å². The van der Waals surface area contributed by atoms with Crippen molar-refractivity contribution in [2.45, 2.75) is 26.3 Å². The molecule has 2 N–H and O–H groups in total. The number of nitrogens with one attached hydrogen (secondary N) is 1. The normalized spacial score (nSPS) is 11.6. The molecule has 2 rings (SSSR count). The van der Waals surface area contributed by atoms with Gasteiger partial charge in [0.1, 0.15) is 5.75 Å². The molecule has 0 unspecified atom stereocenters. The Bertz CT molecular complexity index is 727. The molecule has 0 aliphatic heterocycles. The van der Waals surface area contributed by atoms with Gasteiger partial charge in [-0.05, 0) is 31.5 Å². The van der Waals surface area contributed by atoms with Crippen LogP contribution in [0, 0.1) is 0 Å². The minimum Gasteiger partial charge on any atom is -0.493 e. The lowest BCUT2D eigenvalue weighted by atomic mass is 10.0. The van der Waals surface area contributed by atoms with Crippen molar-refractivity contribution in [1.29, 1.82) is 0 Å². The quantitative estimate of drug-likeness (QED) is 0.813. The highest BCUT2D eigenvalue weighted by molar-refractivity contribution is 6.04. The van der Waals surface area contributed by atoms with Crippen molar-refractivity contribution in [1.82, 2.24) is 5.32 Å². The first-order valence-corrected chi connectivity index (χ1v) is 7.89. The van der Waals surface area contributed by atoms with Gasteiger partial charge in [-0.3, -0.25) is 4.79 Å². The maximum atomic E-state index is 12.5. The highest BCUT2D eigenvalue weighted by Gasteiger charge is 2.19. The first-order valence-electron chi connectivity index (χ1n) is 7.89. The predicted octanol–water partition coefficient (Wildman–Crippen LogP) is 3.66. The molecule has 2 aromatic carbocycles. The van der Waals surface area contributed by atoms with Crippen molar-refractivity contribution in [3.8, 4) is 5.75 Å². The second kappa shape index (κ2) is 8.15. The van der Waals surface area contributed by atoms with Crippen LogP contribution in [0.25, 0.3) is 0 Å². The number of hydrogen-bond donors (Lipinski definition) is 2. The van der Waals surface area contributed by atoms with Crippen LogP contribution < -0.4 is 10.1 Å². The summed E-state index contributed by atoms with van der Waals surface area (Å²) in [5, 5.41) is 12.0. The van der Waals surface area contributed by atoms with E-state index < -0.39 is 11.9 Å². The average Bonchev–Trinajstić information content (AvgIpc) is 2.60. The van der Waals surface area contributed by atoms with Crippen LogP contribution in [-0.4, -0.2) is 23.6 Å². The first kappa shape index (κ1) is 17.5. The summed E-state index contributed by atoms with van der Waals surface area (Å²) in [6.45, 7) is 4.46. The molecule has 0 heterocycles. The van der Waals surface area contributed by atoms with Gasteiger partial charge in [0.2, 0.25) is 0 Å². The Kier molecular flexibility index (Phi) is 5.95. The van der Waals surface area contributed by atoms with Gasteiger partial charge in [-0.25, -0.2) is 4.79 Å². The number of ether oxygens (including phenoxy) is 1. The maximum Gasteiger partial charge on any atom is 0.336 e. The molecule has 1 amide bonds. The van der Waals surface area contributed by atoms with E-state index in [1.807, 2.05) is 38.1 Å². The third-order valence-corrected chi connectivity index (χ3v) is 3.60. The van der Waals surface area contributed by atoms with Gasteiger partial charge in [0.25, 0.3) is 5.91 Å². The van der Waals surface area contributed by atoms with E-state index in [-0.39, 0.29) is 17.2 Å². The molecule has 0 spiro atoms. The fourth-order valence-electron chi connectivity index (χ4n) is 2.40. The Hall–Kier alpha value is -2.82. The molecule has 0 saturated heterocycles.